The Morgan fingerprint density at radius 1 is 1.38 bits per heavy atom. The van der Waals surface area contributed by atoms with Crippen LogP contribution in [0.25, 0.3) is 0 Å². The van der Waals surface area contributed by atoms with Gasteiger partial charge in [0.15, 0.2) is 0 Å². The molecule has 0 radical (unpaired) electrons. The summed E-state index contributed by atoms with van der Waals surface area (Å²) in [5, 5.41) is 4.21. The van der Waals surface area contributed by atoms with Gasteiger partial charge >= 0.3 is 0 Å². The molecule has 5 nitrogen and oxygen atoms in total. The number of nitrogens with zero attached hydrogens (tertiary/aromatic N) is 3. The summed E-state index contributed by atoms with van der Waals surface area (Å²) in [5.41, 5.74) is -1.07. The predicted octanol–water partition coefficient (Wildman–Crippen LogP) is 2.50. The van der Waals surface area contributed by atoms with E-state index >= 15 is 0 Å². The van der Waals surface area contributed by atoms with E-state index in [1.54, 1.807) is 15.8 Å². The molecule has 1 amide bonds. The highest BCUT2D eigenvalue weighted by atomic mass is 19.3. The predicted molar refractivity (Wildman–Crippen MR) is 82.6 cm³/mol. The molecule has 0 bridgehead atoms. The van der Waals surface area contributed by atoms with Crippen molar-refractivity contribution in [1.82, 2.24) is 14.7 Å². The Morgan fingerprint density at radius 2 is 2.25 bits per heavy atom. The van der Waals surface area contributed by atoms with Gasteiger partial charge in [0.05, 0.1) is 24.7 Å². The second-order valence-electron chi connectivity index (χ2n) is 7.31. The van der Waals surface area contributed by atoms with Gasteiger partial charge in [0.2, 0.25) is 5.91 Å². The molecule has 1 saturated heterocycles. The summed E-state index contributed by atoms with van der Waals surface area (Å²) in [6, 6.07) is 1.76. The maximum atomic E-state index is 14.3. The molecule has 3 unspecified atom stereocenters. The Bertz CT molecular complexity index is 607. The van der Waals surface area contributed by atoms with Crippen molar-refractivity contribution in [2.75, 3.05) is 26.3 Å². The van der Waals surface area contributed by atoms with Crippen molar-refractivity contribution >= 4 is 5.91 Å². The topological polar surface area (TPSA) is 47.4 Å². The number of ether oxygens (including phenoxy) is 1. The molecule has 0 aromatic carbocycles. The highest BCUT2D eigenvalue weighted by Gasteiger charge is 2.80. The average Bonchev–Trinajstić information content (AvgIpc) is 2.83. The van der Waals surface area contributed by atoms with Crippen LogP contribution >= 0.6 is 0 Å². The summed E-state index contributed by atoms with van der Waals surface area (Å²) < 4.78 is 35.9. The van der Waals surface area contributed by atoms with E-state index in [2.05, 4.69) is 5.10 Å². The van der Waals surface area contributed by atoms with Crippen molar-refractivity contribution in [2.45, 2.75) is 44.1 Å². The highest BCUT2D eigenvalue weighted by molar-refractivity contribution is 5.78. The van der Waals surface area contributed by atoms with Crippen LogP contribution in [0.2, 0.25) is 0 Å². The van der Waals surface area contributed by atoms with Gasteiger partial charge in [-0.3, -0.25) is 9.48 Å². The maximum Gasteiger partial charge on any atom is 0.258 e. The van der Waals surface area contributed by atoms with Crippen LogP contribution in [0.1, 0.15) is 38.1 Å². The van der Waals surface area contributed by atoms with Crippen LogP contribution in [-0.4, -0.2) is 52.8 Å². The van der Waals surface area contributed by atoms with E-state index < -0.39 is 17.3 Å². The summed E-state index contributed by atoms with van der Waals surface area (Å²) in [5.74, 6) is -3.42. The van der Waals surface area contributed by atoms with Crippen LogP contribution in [0.3, 0.4) is 0 Å². The second kappa shape index (κ2) is 5.79. The summed E-state index contributed by atoms with van der Waals surface area (Å²) >= 11 is 0. The standard InChI is InChI=1S/C17H23F2N3O2/c18-17(19)14-4-1-2-5-16(14,17)10-15(23)21-8-9-24-12-13(11-21)22-7-3-6-20-22/h3,6-7,13-14H,1-2,4-5,8-12H2. The number of alkyl halides is 2. The van der Waals surface area contributed by atoms with E-state index in [0.717, 1.165) is 12.8 Å². The van der Waals surface area contributed by atoms with Crippen LogP contribution in [0, 0.1) is 11.3 Å². The van der Waals surface area contributed by atoms with Crippen molar-refractivity contribution < 1.29 is 18.3 Å². The molecule has 0 N–H and O–H groups in total. The molecule has 0 spiro atoms. The fraction of sp³-hybridized carbons (Fsp3) is 0.765. The molecule has 2 saturated carbocycles. The Labute approximate surface area is 139 Å². The Morgan fingerprint density at radius 3 is 3.00 bits per heavy atom. The molecule has 4 rings (SSSR count). The number of fused-ring (bicyclic) bond motifs is 1. The SMILES string of the molecule is O=C(CC12CCCCC1C2(F)F)N1CCOCC(n2cccn2)C1. The molecule has 7 heteroatoms. The number of amides is 1. The van der Waals surface area contributed by atoms with Gasteiger partial charge in [-0.05, 0) is 18.9 Å². The number of hydrogen-bond donors (Lipinski definition) is 0. The number of rotatable bonds is 3. The van der Waals surface area contributed by atoms with E-state index in [1.807, 2.05) is 12.3 Å². The molecule has 24 heavy (non-hydrogen) atoms. The van der Waals surface area contributed by atoms with Crippen LogP contribution in [-0.2, 0) is 9.53 Å². The Balaban J connectivity index is 1.46. The van der Waals surface area contributed by atoms with E-state index in [9.17, 15) is 13.6 Å². The van der Waals surface area contributed by atoms with Crippen LogP contribution < -0.4 is 0 Å². The average molecular weight is 339 g/mol. The largest absolute Gasteiger partial charge is 0.377 e. The highest BCUT2D eigenvalue weighted by Crippen LogP contribution is 2.73. The first-order chi connectivity index (χ1) is 11.5. The molecule has 3 atom stereocenters. The fourth-order valence-corrected chi connectivity index (χ4v) is 4.57. The van der Waals surface area contributed by atoms with Gasteiger partial charge in [-0.2, -0.15) is 5.10 Å². The van der Waals surface area contributed by atoms with Crippen LogP contribution in [0.5, 0.6) is 0 Å². The quantitative estimate of drug-likeness (QED) is 0.850. The minimum atomic E-state index is -2.66. The summed E-state index contributed by atoms with van der Waals surface area (Å²) in [7, 11) is 0. The minimum Gasteiger partial charge on any atom is -0.377 e. The molecular formula is C17H23F2N3O2. The zero-order chi connectivity index (χ0) is 16.8. The van der Waals surface area contributed by atoms with Crippen LogP contribution in [0.15, 0.2) is 18.5 Å². The molecule has 3 fully saturated rings. The molecule has 1 aromatic heterocycles. The zero-order valence-electron chi connectivity index (χ0n) is 13.7. The number of aromatic nitrogens is 2. The summed E-state index contributed by atoms with van der Waals surface area (Å²) in [4.78, 5) is 14.4. The molecular weight excluding hydrogens is 316 g/mol. The lowest BCUT2D eigenvalue weighted by molar-refractivity contribution is -0.134. The Kier molecular flexibility index (Phi) is 3.86. The van der Waals surface area contributed by atoms with Gasteiger partial charge in [-0.25, -0.2) is 8.78 Å². The zero-order valence-corrected chi connectivity index (χ0v) is 13.7. The van der Waals surface area contributed by atoms with E-state index in [0.29, 0.717) is 39.1 Å². The van der Waals surface area contributed by atoms with Gasteiger partial charge < -0.3 is 9.64 Å². The van der Waals surface area contributed by atoms with Gasteiger partial charge in [0.1, 0.15) is 0 Å². The van der Waals surface area contributed by atoms with Crippen LogP contribution in [0.4, 0.5) is 8.78 Å². The monoisotopic (exact) mass is 339 g/mol. The van der Waals surface area contributed by atoms with E-state index in [4.69, 9.17) is 4.74 Å². The van der Waals surface area contributed by atoms with Crippen molar-refractivity contribution in [3.05, 3.63) is 18.5 Å². The first kappa shape index (κ1) is 16.0. The molecule has 1 aromatic rings. The van der Waals surface area contributed by atoms with Crippen molar-refractivity contribution in [3.63, 3.8) is 0 Å². The van der Waals surface area contributed by atoms with Gasteiger partial charge in [-0.15, -0.1) is 0 Å². The lowest BCUT2D eigenvalue weighted by Crippen LogP contribution is -2.38. The molecule has 3 aliphatic rings. The second-order valence-corrected chi connectivity index (χ2v) is 7.31. The van der Waals surface area contributed by atoms with Gasteiger partial charge in [0, 0.05) is 37.8 Å². The van der Waals surface area contributed by atoms with Gasteiger partial charge in [0.25, 0.3) is 5.92 Å². The molecule has 132 valence electrons. The normalized spacial score (nSPS) is 35.2. The fourth-order valence-electron chi connectivity index (χ4n) is 4.57. The first-order valence-corrected chi connectivity index (χ1v) is 8.77. The van der Waals surface area contributed by atoms with E-state index in [-0.39, 0.29) is 18.4 Å². The first-order valence-electron chi connectivity index (χ1n) is 8.77. The number of halogens is 2. The third-order valence-corrected chi connectivity index (χ3v) is 6.02. The van der Waals surface area contributed by atoms with Crippen molar-refractivity contribution in [1.29, 1.82) is 0 Å². The third-order valence-electron chi connectivity index (χ3n) is 6.02. The van der Waals surface area contributed by atoms with E-state index in [1.165, 1.54) is 0 Å². The summed E-state index contributed by atoms with van der Waals surface area (Å²) in [6.45, 7) is 1.85. The number of hydrogen-bond acceptors (Lipinski definition) is 3. The molecule has 1 aliphatic heterocycles. The van der Waals surface area contributed by atoms with Crippen molar-refractivity contribution in [2.24, 2.45) is 11.3 Å². The lowest BCUT2D eigenvalue weighted by atomic mass is 9.85. The minimum absolute atomic E-state index is 0.0313. The number of carbonyl (C=O) groups is 1. The number of carbonyl (C=O) groups excluding carboxylic acids is 1. The smallest absolute Gasteiger partial charge is 0.258 e. The van der Waals surface area contributed by atoms with Gasteiger partial charge in [-0.1, -0.05) is 12.8 Å². The lowest BCUT2D eigenvalue weighted by Gasteiger charge is -2.27. The third kappa shape index (κ3) is 2.44. The summed E-state index contributed by atoms with van der Waals surface area (Å²) in [6.07, 6.45) is 6.19. The Hall–Kier alpha value is -1.50. The molecule has 2 heterocycles. The molecule has 2 aliphatic carbocycles. The maximum absolute atomic E-state index is 14.3. The van der Waals surface area contributed by atoms with Crippen molar-refractivity contribution in [3.8, 4) is 0 Å².